The van der Waals surface area contributed by atoms with Crippen LogP contribution in [0.15, 0.2) is 59.5 Å². The second-order valence-electron chi connectivity index (χ2n) is 6.26. The van der Waals surface area contributed by atoms with Crippen LogP contribution in [0.3, 0.4) is 0 Å². The zero-order chi connectivity index (χ0) is 16.6. The van der Waals surface area contributed by atoms with Gasteiger partial charge in [0.1, 0.15) is 5.82 Å². The second-order valence-corrected chi connectivity index (χ2v) is 7.43. The maximum atomic E-state index is 12.9. The van der Waals surface area contributed by atoms with Gasteiger partial charge in [0.2, 0.25) is 0 Å². The summed E-state index contributed by atoms with van der Waals surface area (Å²) in [5, 5.41) is 0. The molecule has 144 valence electrons. The van der Waals surface area contributed by atoms with Crippen LogP contribution in [-0.4, -0.2) is 48.3 Å². The molecule has 1 aliphatic heterocycles. The molecule has 1 saturated heterocycles. The van der Waals surface area contributed by atoms with E-state index in [4.69, 9.17) is 0 Å². The molecule has 1 fully saturated rings. The van der Waals surface area contributed by atoms with Crippen molar-refractivity contribution in [2.75, 3.05) is 38.5 Å². The normalized spacial score (nSPS) is 15.1. The van der Waals surface area contributed by atoms with Gasteiger partial charge in [-0.15, -0.1) is 36.6 Å². The Kier molecular flexibility index (Phi) is 11.3. The van der Waals surface area contributed by atoms with Crippen molar-refractivity contribution in [1.29, 1.82) is 0 Å². The smallest absolute Gasteiger partial charge is 0.123 e. The minimum atomic E-state index is -0.160. The number of rotatable bonds is 7. The Labute approximate surface area is 173 Å². The average Bonchev–Trinajstić information content (AvgIpc) is 2.62. The van der Waals surface area contributed by atoms with Gasteiger partial charge in [0.05, 0.1) is 0 Å². The molecule has 0 N–H and O–H groups in total. The Bertz CT molecular complexity index is 605. The molecule has 0 atom stereocenters. The quantitative estimate of drug-likeness (QED) is 0.464. The van der Waals surface area contributed by atoms with Gasteiger partial charge >= 0.3 is 0 Å². The molecule has 0 aromatic heterocycles. The molecule has 26 heavy (non-hydrogen) atoms. The molecule has 0 radical (unpaired) electrons. The van der Waals surface area contributed by atoms with Crippen LogP contribution in [0.1, 0.15) is 12.0 Å². The first kappa shape index (κ1) is 23.3. The van der Waals surface area contributed by atoms with E-state index in [0.29, 0.717) is 0 Å². The summed E-state index contributed by atoms with van der Waals surface area (Å²) in [4.78, 5) is 6.26. The molecule has 6 heteroatoms. The molecular formula is C20H27Cl2FN2S. The molecule has 0 aliphatic carbocycles. The molecule has 1 aliphatic rings. The third-order valence-electron chi connectivity index (χ3n) is 4.41. The fraction of sp³-hybridized carbons (Fsp3) is 0.400. The SMILES string of the molecule is Cl.Cl.Fc1ccc(SCCCN2CCN(Cc3ccccc3)CC2)cc1. The Hall–Kier alpha value is -0.780. The molecule has 1 heterocycles. The highest BCUT2D eigenvalue weighted by molar-refractivity contribution is 7.99. The Morgan fingerprint density at radius 2 is 1.42 bits per heavy atom. The first-order valence-corrected chi connectivity index (χ1v) is 9.65. The largest absolute Gasteiger partial charge is 0.301 e. The molecular weight excluding hydrogens is 390 g/mol. The summed E-state index contributed by atoms with van der Waals surface area (Å²) in [6.45, 7) is 6.85. The van der Waals surface area contributed by atoms with Crippen molar-refractivity contribution in [3.05, 3.63) is 66.0 Å². The van der Waals surface area contributed by atoms with Gasteiger partial charge in [-0.3, -0.25) is 4.90 Å². The maximum absolute atomic E-state index is 12.9. The van der Waals surface area contributed by atoms with Crippen LogP contribution in [0, 0.1) is 5.82 Å². The summed E-state index contributed by atoms with van der Waals surface area (Å²) in [7, 11) is 0. The van der Waals surface area contributed by atoms with E-state index in [2.05, 4.69) is 40.1 Å². The third kappa shape index (κ3) is 7.85. The number of halogens is 3. The van der Waals surface area contributed by atoms with Crippen LogP contribution in [0.25, 0.3) is 0 Å². The second kappa shape index (κ2) is 12.6. The molecule has 0 saturated carbocycles. The van der Waals surface area contributed by atoms with E-state index in [9.17, 15) is 4.39 Å². The van der Waals surface area contributed by atoms with Crippen molar-refractivity contribution in [2.45, 2.75) is 17.9 Å². The molecule has 0 spiro atoms. The number of thioether (sulfide) groups is 1. The Balaban J connectivity index is 0.00000169. The van der Waals surface area contributed by atoms with Crippen LogP contribution in [-0.2, 0) is 6.54 Å². The average molecular weight is 417 g/mol. The van der Waals surface area contributed by atoms with E-state index in [1.165, 1.54) is 24.1 Å². The minimum absolute atomic E-state index is 0. The van der Waals surface area contributed by atoms with Crippen molar-refractivity contribution in [1.82, 2.24) is 9.80 Å². The van der Waals surface area contributed by atoms with Crippen molar-refractivity contribution in [2.24, 2.45) is 0 Å². The topological polar surface area (TPSA) is 6.48 Å². The van der Waals surface area contributed by atoms with Gasteiger partial charge in [-0.2, -0.15) is 0 Å². The van der Waals surface area contributed by atoms with Crippen molar-refractivity contribution in [3.8, 4) is 0 Å². The zero-order valence-corrected chi connectivity index (χ0v) is 17.3. The number of piperazine rings is 1. The molecule has 2 aromatic carbocycles. The van der Waals surface area contributed by atoms with E-state index in [0.717, 1.165) is 49.9 Å². The molecule has 0 bridgehead atoms. The van der Waals surface area contributed by atoms with E-state index in [-0.39, 0.29) is 30.6 Å². The van der Waals surface area contributed by atoms with Crippen LogP contribution in [0.5, 0.6) is 0 Å². The van der Waals surface area contributed by atoms with Gasteiger partial charge in [0.25, 0.3) is 0 Å². The number of nitrogens with zero attached hydrogens (tertiary/aromatic N) is 2. The van der Waals surface area contributed by atoms with E-state index in [1.807, 2.05) is 23.9 Å². The highest BCUT2D eigenvalue weighted by atomic mass is 35.5. The first-order chi connectivity index (χ1) is 11.8. The van der Waals surface area contributed by atoms with E-state index in [1.54, 1.807) is 0 Å². The van der Waals surface area contributed by atoms with Gasteiger partial charge in [0, 0.05) is 37.6 Å². The van der Waals surface area contributed by atoms with Gasteiger partial charge in [-0.1, -0.05) is 30.3 Å². The van der Waals surface area contributed by atoms with Crippen molar-refractivity contribution >= 4 is 36.6 Å². The van der Waals surface area contributed by atoms with Crippen LogP contribution in [0.4, 0.5) is 4.39 Å². The number of hydrogen-bond acceptors (Lipinski definition) is 3. The lowest BCUT2D eigenvalue weighted by molar-refractivity contribution is 0.127. The summed E-state index contributed by atoms with van der Waals surface area (Å²) < 4.78 is 12.9. The van der Waals surface area contributed by atoms with Gasteiger partial charge in [0.15, 0.2) is 0 Å². The van der Waals surface area contributed by atoms with E-state index >= 15 is 0 Å². The fourth-order valence-electron chi connectivity index (χ4n) is 3.02. The predicted molar refractivity (Wildman–Crippen MR) is 114 cm³/mol. The van der Waals surface area contributed by atoms with E-state index < -0.39 is 0 Å². The number of hydrogen-bond donors (Lipinski definition) is 0. The standard InChI is InChI=1S/C20H25FN2S.2ClH/c21-19-7-9-20(10-8-19)24-16-4-11-22-12-14-23(15-13-22)17-18-5-2-1-3-6-18;;/h1-3,5-10H,4,11-17H2;2*1H. The lowest BCUT2D eigenvalue weighted by Gasteiger charge is -2.34. The van der Waals surface area contributed by atoms with Gasteiger partial charge < -0.3 is 4.90 Å². The van der Waals surface area contributed by atoms with Gasteiger partial charge in [-0.05, 0) is 48.5 Å². The molecule has 3 rings (SSSR count). The van der Waals surface area contributed by atoms with Crippen molar-refractivity contribution < 1.29 is 4.39 Å². The fourth-order valence-corrected chi connectivity index (χ4v) is 3.86. The molecule has 2 nitrogen and oxygen atoms in total. The number of benzene rings is 2. The van der Waals surface area contributed by atoms with Crippen LogP contribution >= 0.6 is 36.6 Å². The van der Waals surface area contributed by atoms with Crippen molar-refractivity contribution in [3.63, 3.8) is 0 Å². The maximum Gasteiger partial charge on any atom is 0.123 e. The first-order valence-electron chi connectivity index (χ1n) is 8.66. The summed E-state index contributed by atoms with van der Waals surface area (Å²) in [5.74, 6) is 0.934. The highest BCUT2D eigenvalue weighted by Gasteiger charge is 2.16. The summed E-state index contributed by atoms with van der Waals surface area (Å²) in [6.07, 6.45) is 1.18. The van der Waals surface area contributed by atoms with Gasteiger partial charge in [-0.25, -0.2) is 4.39 Å². The zero-order valence-electron chi connectivity index (χ0n) is 14.9. The van der Waals surface area contributed by atoms with Crippen LogP contribution < -0.4 is 0 Å². The molecule has 2 aromatic rings. The lowest BCUT2D eigenvalue weighted by Crippen LogP contribution is -2.46. The third-order valence-corrected chi connectivity index (χ3v) is 5.51. The van der Waals surface area contributed by atoms with Crippen LogP contribution in [0.2, 0.25) is 0 Å². The summed E-state index contributed by atoms with van der Waals surface area (Å²) in [6, 6.07) is 17.5. The minimum Gasteiger partial charge on any atom is -0.301 e. The highest BCUT2D eigenvalue weighted by Crippen LogP contribution is 2.19. The summed E-state index contributed by atoms with van der Waals surface area (Å²) >= 11 is 1.82. The Morgan fingerprint density at radius 3 is 2.08 bits per heavy atom. The molecule has 0 unspecified atom stereocenters. The summed E-state index contributed by atoms with van der Waals surface area (Å²) in [5.41, 5.74) is 1.40. The lowest BCUT2D eigenvalue weighted by atomic mass is 10.2. The molecule has 0 amide bonds. The predicted octanol–water partition coefficient (Wildman–Crippen LogP) is 4.97. The Morgan fingerprint density at radius 1 is 0.808 bits per heavy atom. The monoisotopic (exact) mass is 416 g/mol.